The Kier molecular flexibility index (Phi) is 6.53. The van der Waals surface area contributed by atoms with E-state index in [4.69, 9.17) is 4.74 Å². The third kappa shape index (κ3) is 5.30. The van der Waals surface area contributed by atoms with Gasteiger partial charge in [0.15, 0.2) is 0 Å². The molecule has 0 bridgehead atoms. The molecular weight excluding hydrogens is 453 g/mol. The summed E-state index contributed by atoms with van der Waals surface area (Å²) in [6, 6.07) is 11.6. The minimum absolute atomic E-state index is 0.00752. The van der Waals surface area contributed by atoms with Crippen LogP contribution in [0.5, 0.6) is 5.75 Å². The van der Waals surface area contributed by atoms with Crippen molar-refractivity contribution in [1.82, 2.24) is 0 Å². The van der Waals surface area contributed by atoms with E-state index in [-0.39, 0.29) is 24.7 Å². The van der Waals surface area contributed by atoms with E-state index < -0.39 is 35.6 Å². The zero-order valence-corrected chi connectivity index (χ0v) is 16.9. The SMILES string of the molecule is O=C(O)C1C(COc2ccc(C(F)(F)F)cc2)CC(O)CC1c1ccc(Br)cc1. The van der Waals surface area contributed by atoms with Crippen molar-refractivity contribution in [1.29, 1.82) is 0 Å². The lowest BCUT2D eigenvalue weighted by Gasteiger charge is -2.38. The van der Waals surface area contributed by atoms with Crippen LogP contribution in [0.25, 0.3) is 0 Å². The summed E-state index contributed by atoms with van der Waals surface area (Å²) in [5.74, 6) is -2.39. The number of carboxylic acid groups (broad SMARTS) is 1. The first-order valence-corrected chi connectivity index (χ1v) is 9.91. The Hall–Kier alpha value is -2.06. The molecule has 0 radical (unpaired) electrons. The lowest BCUT2D eigenvalue weighted by molar-refractivity contribution is -0.148. The maximum atomic E-state index is 12.7. The molecule has 0 aliphatic heterocycles. The third-order valence-corrected chi connectivity index (χ3v) is 5.80. The van der Waals surface area contributed by atoms with Crippen LogP contribution < -0.4 is 4.74 Å². The van der Waals surface area contributed by atoms with Crippen LogP contribution in [-0.4, -0.2) is 28.9 Å². The lowest BCUT2D eigenvalue weighted by atomic mass is 9.68. The van der Waals surface area contributed by atoms with Gasteiger partial charge in [-0.3, -0.25) is 4.79 Å². The van der Waals surface area contributed by atoms with Crippen molar-refractivity contribution in [3.63, 3.8) is 0 Å². The number of carbonyl (C=O) groups is 1. The predicted octanol–water partition coefficient (Wildman–Crippen LogP) is 5.10. The van der Waals surface area contributed by atoms with Crippen LogP contribution >= 0.6 is 15.9 Å². The maximum Gasteiger partial charge on any atom is 0.416 e. The van der Waals surface area contributed by atoms with E-state index in [9.17, 15) is 28.2 Å². The number of carboxylic acids is 1. The quantitative estimate of drug-likeness (QED) is 0.634. The summed E-state index contributed by atoms with van der Waals surface area (Å²) in [5.41, 5.74) is 0.0375. The molecule has 1 saturated carbocycles. The van der Waals surface area contributed by atoms with Crippen LogP contribution in [0.2, 0.25) is 0 Å². The zero-order chi connectivity index (χ0) is 21.2. The molecule has 1 aliphatic carbocycles. The van der Waals surface area contributed by atoms with Gasteiger partial charge in [0.2, 0.25) is 0 Å². The predicted molar refractivity (Wildman–Crippen MR) is 104 cm³/mol. The summed E-state index contributed by atoms with van der Waals surface area (Å²) in [7, 11) is 0. The number of aliphatic hydroxyl groups excluding tert-OH is 1. The van der Waals surface area contributed by atoms with E-state index >= 15 is 0 Å². The molecule has 29 heavy (non-hydrogen) atoms. The molecule has 3 rings (SSSR count). The molecule has 0 spiro atoms. The van der Waals surface area contributed by atoms with Gasteiger partial charge in [0.05, 0.1) is 24.2 Å². The monoisotopic (exact) mass is 472 g/mol. The van der Waals surface area contributed by atoms with Gasteiger partial charge in [-0.15, -0.1) is 0 Å². The maximum absolute atomic E-state index is 12.7. The average molecular weight is 473 g/mol. The molecular formula is C21H20BrF3O4. The van der Waals surface area contributed by atoms with Crippen molar-refractivity contribution in [2.75, 3.05) is 6.61 Å². The van der Waals surface area contributed by atoms with Crippen LogP contribution in [0.15, 0.2) is 53.0 Å². The second kappa shape index (κ2) is 8.75. The first kappa shape index (κ1) is 21.6. The fraction of sp³-hybridized carbons (Fsp3) is 0.381. The summed E-state index contributed by atoms with van der Waals surface area (Å²) in [6.07, 6.45) is -4.53. The molecule has 8 heteroatoms. The second-order valence-electron chi connectivity index (χ2n) is 7.24. The molecule has 4 nitrogen and oxygen atoms in total. The van der Waals surface area contributed by atoms with Crippen molar-refractivity contribution in [2.45, 2.75) is 31.0 Å². The van der Waals surface area contributed by atoms with Crippen LogP contribution in [0.4, 0.5) is 13.2 Å². The highest BCUT2D eigenvalue weighted by Crippen LogP contribution is 2.42. The number of hydrogen-bond donors (Lipinski definition) is 2. The van der Waals surface area contributed by atoms with E-state index in [0.717, 1.165) is 22.2 Å². The second-order valence-corrected chi connectivity index (χ2v) is 8.16. The van der Waals surface area contributed by atoms with Crippen molar-refractivity contribution < 1.29 is 32.9 Å². The number of rotatable bonds is 5. The Morgan fingerprint density at radius 3 is 2.24 bits per heavy atom. The number of ether oxygens (including phenoxy) is 1. The van der Waals surface area contributed by atoms with Gasteiger partial charge in [0.25, 0.3) is 0 Å². The van der Waals surface area contributed by atoms with Crippen molar-refractivity contribution >= 4 is 21.9 Å². The molecule has 1 aliphatic rings. The fourth-order valence-corrected chi connectivity index (χ4v) is 4.17. The lowest BCUT2D eigenvalue weighted by Crippen LogP contribution is -2.41. The molecule has 4 atom stereocenters. The molecule has 0 aromatic heterocycles. The Morgan fingerprint density at radius 2 is 1.69 bits per heavy atom. The topological polar surface area (TPSA) is 66.8 Å². The molecule has 2 aromatic carbocycles. The highest BCUT2D eigenvalue weighted by molar-refractivity contribution is 9.10. The Morgan fingerprint density at radius 1 is 1.07 bits per heavy atom. The van der Waals surface area contributed by atoms with Crippen LogP contribution in [-0.2, 0) is 11.0 Å². The Labute approximate surface area is 174 Å². The summed E-state index contributed by atoms with van der Waals surface area (Å²) in [4.78, 5) is 12.0. The highest BCUT2D eigenvalue weighted by atomic mass is 79.9. The summed E-state index contributed by atoms with van der Waals surface area (Å²) in [5, 5.41) is 20.1. The molecule has 0 saturated heterocycles. The van der Waals surface area contributed by atoms with Crippen LogP contribution in [0.1, 0.15) is 29.9 Å². The fourth-order valence-electron chi connectivity index (χ4n) is 3.90. The molecule has 0 heterocycles. The van der Waals surface area contributed by atoms with Gasteiger partial charge in [-0.1, -0.05) is 28.1 Å². The van der Waals surface area contributed by atoms with E-state index in [1.165, 1.54) is 12.1 Å². The van der Waals surface area contributed by atoms with E-state index in [0.29, 0.717) is 6.42 Å². The number of aliphatic hydroxyl groups is 1. The third-order valence-electron chi connectivity index (χ3n) is 5.27. The molecule has 2 aromatic rings. The smallest absolute Gasteiger partial charge is 0.416 e. The van der Waals surface area contributed by atoms with Gasteiger partial charge in [-0.05, 0) is 54.8 Å². The number of aliphatic carboxylic acids is 1. The number of benzene rings is 2. The number of halogens is 4. The molecule has 0 amide bonds. The van der Waals surface area contributed by atoms with Crippen LogP contribution in [0, 0.1) is 11.8 Å². The number of hydrogen-bond acceptors (Lipinski definition) is 3. The van der Waals surface area contributed by atoms with Crippen LogP contribution in [0.3, 0.4) is 0 Å². The van der Waals surface area contributed by atoms with E-state index in [1.807, 2.05) is 24.3 Å². The van der Waals surface area contributed by atoms with Gasteiger partial charge < -0.3 is 14.9 Å². The normalized spacial score (nSPS) is 24.9. The van der Waals surface area contributed by atoms with Crippen molar-refractivity contribution in [3.8, 4) is 5.75 Å². The zero-order valence-electron chi connectivity index (χ0n) is 15.3. The summed E-state index contributed by atoms with van der Waals surface area (Å²) in [6.45, 7) is -0.00752. The molecule has 1 fully saturated rings. The standard InChI is InChI=1S/C21H20BrF3O4/c22-15-5-1-12(2-6-15)18-10-16(26)9-13(19(18)20(27)28)11-29-17-7-3-14(4-8-17)21(23,24)25/h1-8,13,16,18-19,26H,9-11H2,(H,27,28). The minimum Gasteiger partial charge on any atom is -0.493 e. The largest absolute Gasteiger partial charge is 0.493 e. The summed E-state index contributed by atoms with van der Waals surface area (Å²) < 4.78 is 44.5. The van der Waals surface area contributed by atoms with Crippen molar-refractivity contribution in [3.05, 3.63) is 64.1 Å². The number of alkyl halides is 3. The van der Waals surface area contributed by atoms with Gasteiger partial charge in [-0.25, -0.2) is 0 Å². The molecule has 4 unspecified atom stereocenters. The Balaban J connectivity index is 1.76. The van der Waals surface area contributed by atoms with E-state index in [1.54, 1.807) is 0 Å². The Bertz CT molecular complexity index is 836. The van der Waals surface area contributed by atoms with Gasteiger partial charge in [-0.2, -0.15) is 13.2 Å². The summed E-state index contributed by atoms with van der Waals surface area (Å²) >= 11 is 3.35. The van der Waals surface area contributed by atoms with E-state index in [2.05, 4.69) is 15.9 Å². The first-order valence-electron chi connectivity index (χ1n) is 9.11. The minimum atomic E-state index is -4.43. The highest BCUT2D eigenvalue weighted by Gasteiger charge is 2.42. The van der Waals surface area contributed by atoms with Gasteiger partial charge in [0.1, 0.15) is 5.75 Å². The average Bonchev–Trinajstić information content (AvgIpc) is 2.65. The van der Waals surface area contributed by atoms with Gasteiger partial charge in [0, 0.05) is 16.3 Å². The molecule has 156 valence electrons. The van der Waals surface area contributed by atoms with Crippen molar-refractivity contribution in [2.24, 2.45) is 11.8 Å². The molecule has 2 N–H and O–H groups in total. The first-order chi connectivity index (χ1) is 13.6. The van der Waals surface area contributed by atoms with Gasteiger partial charge >= 0.3 is 12.1 Å².